The fourth-order valence-electron chi connectivity index (χ4n) is 3.57. The Bertz CT molecular complexity index is 234. The molecule has 0 aliphatic heterocycles. The van der Waals surface area contributed by atoms with Crippen molar-refractivity contribution in [2.45, 2.75) is 51.9 Å². The van der Waals surface area contributed by atoms with Gasteiger partial charge in [0.2, 0.25) is 0 Å². The summed E-state index contributed by atoms with van der Waals surface area (Å²) in [6.07, 6.45) is 8.25. The Morgan fingerprint density at radius 3 is 2.57 bits per heavy atom. The van der Waals surface area contributed by atoms with E-state index in [1.807, 2.05) is 6.92 Å². The van der Waals surface area contributed by atoms with Crippen LogP contribution in [0.2, 0.25) is 0 Å². The summed E-state index contributed by atoms with van der Waals surface area (Å²) >= 11 is 0. The quantitative estimate of drug-likeness (QED) is 0.699. The van der Waals surface area contributed by atoms with Gasteiger partial charge in [-0.15, -0.1) is 0 Å². The number of aliphatic carboxylic acids is 1. The highest BCUT2D eigenvalue weighted by atomic mass is 16.4. The highest BCUT2D eigenvalue weighted by Crippen LogP contribution is 2.50. The number of carboxylic acid groups (broad SMARTS) is 1. The van der Waals surface area contributed by atoms with Crippen molar-refractivity contribution in [1.82, 2.24) is 0 Å². The number of rotatable bonds is 1. The summed E-state index contributed by atoms with van der Waals surface area (Å²) < 4.78 is 0. The van der Waals surface area contributed by atoms with Crippen LogP contribution in [-0.4, -0.2) is 11.1 Å². The summed E-state index contributed by atoms with van der Waals surface area (Å²) in [7, 11) is 0. The maximum absolute atomic E-state index is 11.3. The average Bonchev–Trinajstić information content (AvgIpc) is 2.18. The Balaban J connectivity index is 2.20. The van der Waals surface area contributed by atoms with Crippen LogP contribution in [0.5, 0.6) is 0 Å². The minimum absolute atomic E-state index is 0.413. The van der Waals surface area contributed by atoms with Gasteiger partial charge in [-0.2, -0.15) is 0 Å². The third kappa shape index (κ3) is 1.45. The molecule has 2 aliphatic carbocycles. The maximum Gasteiger partial charge on any atom is 0.309 e. The van der Waals surface area contributed by atoms with Gasteiger partial charge in [-0.05, 0) is 31.6 Å². The Labute approximate surface area is 85.7 Å². The summed E-state index contributed by atoms with van der Waals surface area (Å²) in [6.45, 7) is 1.97. The van der Waals surface area contributed by atoms with E-state index in [9.17, 15) is 9.90 Å². The molecule has 0 bridgehead atoms. The zero-order valence-electron chi connectivity index (χ0n) is 8.96. The van der Waals surface area contributed by atoms with Crippen molar-refractivity contribution in [3.63, 3.8) is 0 Å². The maximum atomic E-state index is 11.3. The van der Waals surface area contributed by atoms with Crippen LogP contribution in [0, 0.1) is 17.3 Å². The van der Waals surface area contributed by atoms with E-state index in [0.717, 1.165) is 19.3 Å². The van der Waals surface area contributed by atoms with Gasteiger partial charge in [-0.1, -0.05) is 32.1 Å². The van der Waals surface area contributed by atoms with E-state index in [-0.39, 0.29) is 0 Å². The first-order valence-corrected chi connectivity index (χ1v) is 5.88. The number of carboxylic acids is 1. The fraction of sp³-hybridized carbons (Fsp3) is 0.917. The Hall–Kier alpha value is -0.530. The number of fused-ring (bicyclic) bond motifs is 1. The Morgan fingerprint density at radius 1 is 1.21 bits per heavy atom. The van der Waals surface area contributed by atoms with Gasteiger partial charge in [0.05, 0.1) is 5.41 Å². The molecule has 0 radical (unpaired) electrons. The lowest BCUT2D eigenvalue weighted by atomic mass is 9.58. The van der Waals surface area contributed by atoms with Gasteiger partial charge in [-0.25, -0.2) is 0 Å². The number of hydrogen-bond donors (Lipinski definition) is 1. The molecule has 0 spiro atoms. The predicted molar refractivity (Wildman–Crippen MR) is 55.0 cm³/mol. The van der Waals surface area contributed by atoms with Gasteiger partial charge in [0.1, 0.15) is 0 Å². The largest absolute Gasteiger partial charge is 0.481 e. The third-order valence-electron chi connectivity index (χ3n) is 4.49. The van der Waals surface area contributed by atoms with Crippen molar-refractivity contribution < 1.29 is 9.90 Å². The first-order valence-electron chi connectivity index (χ1n) is 5.88. The van der Waals surface area contributed by atoms with Crippen LogP contribution in [0.1, 0.15) is 51.9 Å². The highest BCUT2D eigenvalue weighted by molar-refractivity contribution is 5.74. The van der Waals surface area contributed by atoms with Gasteiger partial charge in [0.25, 0.3) is 0 Å². The summed E-state index contributed by atoms with van der Waals surface area (Å²) in [6, 6.07) is 0. The molecule has 0 amide bonds. The topological polar surface area (TPSA) is 37.3 Å². The highest BCUT2D eigenvalue weighted by Gasteiger charge is 2.47. The van der Waals surface area contributed by atoms with E-state index in [2.05, 4.69) is 0 Å². The molecule has 14 heavy (non-hydrogen) atoms. The van der Waals surface area contributed by atoms with Crippen molar-refractivity contribution in [2.24, 2.45) is 17.3 Å². The molecule has 2 heteroatoms. The first kappa shape index (κ1) is 10.0. The van der Waals surface area contributed by atoms with Gasteiger partial charge in [0.15, 0.2) is 0 Å². The second-order valence-corrected chi connectivity index (χ2v) is 5.27. The second-order valence-electron chi connectivity index (χ2n) is 5.27. The van der Waals surface area contributed by atoms with E-state index in [0.29, 0.717) is 11.8 Å². The third-order valence-corrected chi connectivity index (χ3v) is 4.49. The van der Waals surface area contributed by atoms with Crippen molar-refractivity contribution in [3.05, 3.63) is 0 Å². The van der Waals surface area contributed by atoms with E-state index in [1.165, 1.54) is 25.7 Å². The zero-order chi connectivity index (χ0) is 10.2. The van der Waals surface area contributed by atoms with Gasteiger partial charge in [0, 0.05) is 0 Å². The van der Waals surface area contributed by atoms with Crippen LogP contribution in [0.3, 0.4) is 0 Å². The predicted octanol–water partition coefficient (Wildman–Crippen LogP) is 3.07. The van der Waals surface area contributed by atoms with E-state index >= 15 is 0 Å². The lowest BCUT2D eigenvalue weighted by molar-refractivity contribution is -0.157. The molecule has 1 N–H and O–H groups in total. The molecule has 0 saturated heterocycles. The molecule has 0 aromatic carbocycles. The normalized spacial score (nSPS) is 42.9. The van der Waals surface area contributed by atoms with Crippen molar-refractivity contribution >= 4 is 5.97 Å². The summed E-state index contributed by atoms with van der Waals surface area (Å²) in [5.74, 6) is 0.607. The number of hydrogen-bond acceptors (Lipinski definition) is 1. The standard InChI is InChI=1S/C12H20O2/c1-12(11(13)14)8-4-6-9-5-2-3-7-10(9)12/h9-10H,2-8H2,1H3,(H,13,14). The van der Waals surface area contributed by atoms with Gasteiger partial charge in [-0.3, -0.25) is 4.79 Å². The number of carbonyl (C=O) groups is 1. The molecule has 3 atom stereocenters. The molecule has 2 aliphatic rings. The van der Waals surface area contributed by atoms with Crippen LogP contribution < -0.4 is 0 Å². The Kier molecular flexibility index (Phi) is 2.54. The Morgan fingerprint density at radius 2 is 1.86 bits per heavy atom. The molecule has 0 aromatic heterocycles. The van der Waals surface area contributed by atoms with E-state index < -0.39 is 11.4 Å². The average molecular weight is 196 g/mol. The molecule has 0 heterocycles. The summed E-state index contributed by atoms with van der Waals surface area (Å²) in [5.41, 5.74) is -0.413. The van der Waals surface area contributed by atoms with Crippen LogP contribution in [0.25, 0.3) is 0 Å². The van der Waals surface area contributed by atoms with Crippen molar-refractivity contribution in [1.29, 1.82) is 0 Å². The zero-order valence-corrected chi connectivity index (χ0v) is 8.96. The van der Waals surface area contributed by atoms with Crippen molar-refractivity contribution in [2.75, 3.05) is 0 Å². The molecule has 80 valence electrons. The van der Waals surface area contributed by atoms with Crippen LogP contribution >= 0.6 is 0 Å². The fourth-order valence-corrected chi connectivity index (χ4v) is 3.57. The lowest BCUT2D eigenvalue weighted by Gasteiger charge is -2.46. The smallest absolute Gasteiger partial charge is 0.309 e. The molecule has 2 rings (SSSR count). The minimum atomic E-state index is -0.561. The van der Waals surface area contributed by atoms with Crippen molar-refractivity contribution in [3.8, 4) is 0 Å². The molecule has 2 nitrogen and oxygen atoms in total. The van der Waals surface area contributed by atoms with Gasteiger partial charge >= 0.3 is 5.97 Å². The monoisotopic (exact) mass is 196 g/mol. The van der Waals surface area contributed by atoms with E-state index in [4.69, 9.17) is 0 Å². The summed E-state index contributed by atoms with van der Waals surface area (Å²) in [5, 5.41) is 9.34. The SMILES string of the molecule is CC1(C(=O)O)CCCC2CCCCC21. The molecular weight excluding hydrogens is 176 g/mol. The molecular formula is C12H20O2. The van der Waals surface area contributed by atoms with Crippen LogP contribution in [-0.2, 0) is 4.79 Å². The molecule has 0 aromatic rings. The summed E-state index contributed by atoms with van der Waals surface area (Å²) in [4.78, 5) is 11.3. The van der Waals surface area contributed by atoms with Crippen LogP contribution in [0.15, 0.2) is 0 Å². The first-order chi connectivity index (χ1) is 6.64. The van der Waals surface area contributed by atoms with Gasteiger partial charge < -0.3 is 5.11 Å². The minimum Gasteiger partial charge on any atom is -0.481 e. The van der Waals surface area contributed by atoms with E-state index in [1.54, 1.807) is 0 Å². The molecule has 2 fully saturated rings. The lowest BCUT2D eigenvalue weighted by Crippen LogP contribution is -2.44. The molecule has 3 unspecified atom stereocenters. The second kappa shape index (κ2) is 3.56. The van der Waals surface area contributed by atoms with Crippen LogP contribution in [0.4, 0.5) is 0 Å². The molecule has 2 saturated carbocycles.